The fraction of sp³-hybridized carbons (Fsp3) is 0.478. The maximum Gasteiger partial charge on any atom is 0.161 e. The van der Waals surface area contributed by atoms with Crippen molar-refractivity contribution in [2.24, 2.45) is 0 Å². The molecular weight excluding hydrogens is 368 g/mol. The lowest BCUT2D eigenvalue weighted by Crippen LogP contribution is -2.27. The van der Waals surface area contributed by atoms with Gasteiger partial charge in [0.15, 0.2) is 11.5 Å². The van der Waals surface area contributed by atoms with Crippen LogP contribution in [0.4, 0.5) is 5.69 Å². The molecule has 2 N–H and O–H groups in total. The van der Waals surface area contributed by atoms with Crippen molar-refractivity contribution >= 4 is 5.69 Å². The molecule has 0 saturated heterocycles. The van der Waals surface area contributed by atoms with Crippen LogP contribution in [0.2, 0.25) is 0 Å². The number of hydrogen-bond acceptors (Lipinski definition) is 6. The summed E-state index contributed by atoms with van der Waals surface area (Å²) in [5.74, 6) is 3.15. The van der Waals surface area contributed by atoms with Crippen molar-refractivity contribution in [3.63, 3.8) is 0 Å². The molecule has 1 atom stereocenters. The minimum atomic E-state index is 0.314. The summed E-state index contributed by atoms with van der Waals surface area (Å²) in [6, 6.07) is 10.4. The van der Waals surface area contributed by atoms with Crippen LogP contribution in [0.5, 0.6) is 23.0 Å². The Bertz CT molecular complexity index is 787. The second-order valence-corrected chi connectivity index (χ2v) is 7.19. The number of anilines is 1. The highest BCUT2D eigenvalue weighted by molar-refractivity contribution is 5.54. The number of nitrogens with one attached hydrogen (secondary N) is 2. The summed E-state index contributed by atoms with van der Waals surface area (Å²) in [5, 5.41) is 7.16. The highest BCUT2D eigenvalue weighted by Crippen LogP contribution is 2.37. The molecule has 0 fully saturated rings. The summed E-state index contributed by atoms with van der Waals surface area (Å²) in [6.07, 6.45) is 4.60. The van der Waals surface area contributed by atoms with Crippen LogP contribution in [-0.2, 0) is 6.42 Å². The van der Waals surface area contributed by atoms with E-state index in [2.05, 4.69) is 22.8 Å². The van der Waals surface area contributed by atoms with Gasteiger partial charge in [-0.15, -0.1) is 0 Å². The van der Waals surface area contributed by atoms with E-state index in [1.54, 1.807) is 28.4 Å². The highest BCUT2D eigenvalue weighted by Gasteiger charge is 2.21. The van der Waals surface area contributed by atoms with Gasteiger partial charge in [0, 0.05) is 43.0 Å². The summed E-state index contributed by atoms with van der Waals surface area (Å²) in [5.41, 5.74) is 3.65. The topological polar surface area (TPSA) is 61.0 Å². The Morgan fingerprint density at radius 1 is 0.793 bits per heavy atom. The lowest BCUT2D eigenvalue weighted by atomic mass is 9.98. The molecule has 1 aliphatic carbocycles. The molecule has 1 aliphatic rings. The zero-order valence-corrected chi connectivity index (χ0v) is 17.8. The number of fused-ring (bicyclic) bond motifs is 1. The number of aryl methyl sites for hydroxylation is 1. The van der Waals surface area contributed by atoms with Gasteiger partial charge >= 0.3 is 0 Å². The smallest absolute Gasteiger partial charge is 0.161 e. The van der Waals surface area contributed by atoms with E-state index in [0.29, 0.717) is 6.04 Å². The maximum absolute atomic E-state index is 5.53. The molecule has 0 radical (unpaired) electrons. The number of rotatable bonds is 9. The summed E-state index contributed by atoms with van der Waals surface area (Å²) in [7, 11) is 6.70. The summed E-state index contributed by atoms with van der Waals surface area (Å²) in [6.45, 7) is 1.65. The van der Waals surface area contributed by atoms with E-state index >= 15 is 0 Å². The first-order chi connectivity index (χ1) is 14.2. The molecule has 2 aromatic carbocycles. The van der Waals surface area contributed by atoms with E-state index in [9.17, 15) is 0 Å². The first-order valence-corrected chi connectivity index (χ1v) is 10.1. The normalized spacial score (nSPS) is 15.8. The average molecular weight is 401 g/mol. The van der Waals surface area contributed by atoms with Crippen LogP contribution in [0.3, 0.4) is 0 Å². The van der Waals surface area contributed by atoms with E-state index in [0.717, 1.165) is 54.6 Å². The molecule has 3 rings (SSSR count). The van der Waals surface area contributed by atoms with Crippen molar-refractivity contribution in [1.29, 1.82) is 0 Å². The molecule has 0 heterocycles. The largest absolute Gasteiger partial charge is 0.497 e. The minimum absolute atomic E-state index is 0.314. The van der Waals surface area contributed by atoms with E-state index < -0.39 is 0 Å². The molecule has 0 bridgehead atoms. The van der Waals surface area contributed by atoms with Gasteiger partial charge in [-0.2, -0.15) is 0 Å². The first kappa shape index (κ1) is 21.1. The monoisotopic (exact) mass is 400 g/mol. The Kier molecular flexibility index (Phi) is 7.47. The third kappa shape index (κ3) is 5.26. The van der Waals surface area contributed by atoms with Gasteiger partial charge in [0.2, 0.25) is 0 Å². The second kappa shape index (κ2) is 10.3. The Labute approximate surface area is 173 Å². The Balaban J connectivity index is 1.64. The van der Waals surface area contributed by atoms with Crippen LogP contribution >= 0.6 is 0 Å². The van der Waals surface area contributed by atoms with Gasteiger partial charge in [-0.05, 0) is 42.5 Å². The average Bonchev–Trinajstić information content (AvgIpc) is 2.96. The van der Waals surface area contributed by atoms with Gasteiger partial charge in [0.25, 0.3) is 0 Å². The first-order valence-electron chi connectivity index (χ1n) is 10.1. The lowest BCUT2D eigenvalue weighted by Gasteiger charge is -2.22. The lowest BCUT2D eigenvalue weighted by molar-refractivity contribution is 0.353. The Morgan fingerprint density at radius 2 is 1.48 bits per heavy atom. The van der Waals surface area contributed by atoms with Crippen molar-refractivity contribution in [2.75, 3.05) is 46.8 Å². The van der Waals surface area contributed by atoms with Gasteiger partial charge in [0.05, 0.1) is 28.4 Å². The molecule has 0 spiro atoms. The van der Waals surface area contributed by atoms with Crippen molar-refractivity contribution < 1.29 is 18.9 Å². The molecule has 2 aromatic rings. The number of hydrogen-bond donors (Lipinski definition) is 2. The molecule has 29 heavy (non-hydrogen) atoms. The third-order valence-electron chi connectivity index (χ3n) is 5.41. The third-order valence-corrected chi connectivity index (χ3v) is 5.41. The standard InChI is InChI=1S/C23H32N2O4/c1-26-18-12-17(13-19(14-18)27-2)24-9-10-25-21-8-6-5-7-16-11-22(28-3)23(29-4)15-20(16)21/h11-15,21,24-25H,5-10H2,1-4H3. The predicted molar refractivity (Wildman–Crippen MR) is 116 cm³/mol. The minimum Gasteiger partial charge on any atom is -0.497 e. The fourth-order valence-electron chi connectivity index (χ4n) is 3.87. The van der Waals surface area contributed by atoms with Crippen molar-refractivity contribution in [2.45, 2.75) is 31.7 Å². The Morgan fingerprint density at radius 3 is 2.14 bits per heavy atom. The zero-order chi connectivity index (χ0) is 20.6. The van der Waals surface area contributed by atoms with Crippen LogP contribution in [0.25, 0.3) is 0 Å². The summed E-state index contributed by atoms with van der Waals surface area (Å²) < 4.78 is 21.7. The summed E-state index contributed by atoms with van der Waals surface area (Å²) >= 11 is 0. The molecule has 158 valence electrons. The quantitative estimate of drug-likeness (QED) is 0.486. The molecule has 1 unspecified atom stereocenters. The van der Waals surface area contributed by atoms with Gasteiger partial charge < -0.3 is 29.6 Å². The van der Waals surface area contributed by atoms with Crippen molar-refractivity contribution in [1.82, 2.24) is 5.32 Å². The molecule has 0 amide bonds. The van der Waals surface area contributed by atoms with Crippen LogP contribution in [0.15, 0.2) is 30.3 Å². The predicted octanol–water partition coefficient (Wildman–Crippen LogP) is 4.19. The van der Waals surface area contributed by atoms with Gasteiger partial charge in [0.1, 0.15) is 11.5 Å². The van der Waals surface area contributed by atoms with Crippen molar-refractivity contribution in [3.8, 4) is 23.0 Å². The molecule has 6 heteroatoms. The van der Waals surface area contributed by atoms with Crippen LogP contribution in [-0.4, -0.2) is 41.5 Å². The molecule has 6 nitrogen and oxygen atoms in total. The number of ether oxygens (including phenoxy) is 4. The molecule has 0 saturated carbocycles. The number of benzene rings is 2. The van der Waals surface area contributed by atoms with Crippen LogP contribution in [0.1, 0.15) is 36.4 Å². The zero-order valence-electron chi connectivity index (χ0n) is 17.8. The van der Waals surface area contributed by atoms with Crippen LogP contribution < -0.4 is 29.6 Å². The van der Waals surface area contributed by atoms with E-state index in [4.69, 9.17) is 18.9 Å². The maximum atomic E-state index is 5.53. The van der Waals surface area contributed by atoms with Gasteiger partial charge in [-0.25, -0.2) is 0 Å². The molecular formula is C23H32N2O4. The van der Waals surface area contributed by atoms with E-state index in [1.807, 2.05) is 18.2 Å². The van der Waals surface area contributed by atoms with Gasteiger partial charge in [-0.1, -0.05) is 6.42 Å². The summed E-state index contributed by atoms with van der Waals surface area (Å²) in [4.78, 5) is 0. The molecule has 0 aliphatic heterocycles. The molecule has 0 aromatic heterocycles. The van der Waals surface area contributed by atoms with E-state index in [1.165, 1.54) is 24.0 Å². The fourth-order valence-corrected chi connectivity index (χ4v) is 3.87. The highest BCUT2D eigenvalue weighted by atomic mass is 16.5. The Hall–Kier alpha value is -2.60. The van der Waals surface area contributed by atoms with Crippen molar-refractivity contribution in [3.05, 3.63) is 41.5 Å². The number of methoxy groups -OCH3 is 4. The van der Waals surface area contributed by atoms with Gasteiger partial charge in [-0.3, -0.25) is 0 Å². The van der Waals surface area contributed by atoms with Crippen LogP contribution in [0, 0.1) is 0 Å². The SMILES string of the molecule is COc1cc(NCCNC2CCCCc3cc(OC)c(OC)cc32)cc(OC)c1. The second-order valence-electron chi connectivity index (χ2n) is 7.19. The van der Waals surface area contributed by atoms with E-state index in [-0.39, 0.29) is 0 Å².